The van der Waals surface area contributed by atoms with E-state index in [-0.39, 0.29) is 23.0 Å². The fraction of sp³-hybridized carbons (Fsp3) is 0.667. The molecular formula is C21H29FO4. The molecule has 1 N–H and O–H groups in total. The minimum Gasteiger partial charge on any atom is -0.484 e. The summed E-state index contributed by atoms with van der Waals surface area (Å²) in [7, 11) is 0. The lowest BCUT2D eigenvalue weighted by atomic mass is 9.88. The summed E-state index contributed by atoms with van der Waals surface area (Å²) in [6.07, 6.45) is 7.56. The topological polar surface area (TPSA) is 55.8 Å². The van der Waals surface area contributed by atoms with Crippen LogP contribution in [-0.2, 0) is 0 Å². The lowest BCUT2D eigenvalue weighted by Crippen LogP contribution is -2.39. The van der Waals surface area contributed by atoms with Crippen LogP contribution in [0, 0.1) is 11.7 Å². The van der Waals surface area contributed by atoms with Gasteiger partial charge < -0.3 is 14.6 Å². The minimum absolute atomic E-state index is 0.00269. The summed E-state index contributed by atoms with van der Waals surface area (Å²) in [5.74, 6) is -1.50. The maximum absolute atomic E-state index is 15.2. The van der Waals surface area contributed by atoms with Crippen molar-refractivity contribution in [3.05, 3.63) is 23.5 Å². The van der Waals surface area contributed by atoms with E-state index in [1.165, 1.54) is 12.1 Å². The maximum atomic E-state index is 15.2. The van der Waals surface area contributed by atoms with Crippen LogP contribution in [0.15, 0.2) is 12.1 Å². The Morgan fingerprint density at radius 1 is 1.04 bits per heavy atom. The molecule has 3 rings (SSSR count). The van der Waals surface area contributed by atoms with Gasteiger partial charge in [0.25, 0.3) is 0 Å². The number of hydrogen-bond acceptors (Lipinski definition) is 3. The highest BCUT2D eigenvalue weighted by molar-refractivity contribution is 5.88. The van der Waals surface area contributed by atoms with E-state index >= 15 is 4.39 Å². The van der Waals surface area contributed by atoms with Gasteiger partial charge in [0.05, 0.1) is 5.56 Å². The van der Waals surface area contributed by atoms with Crippen LogP contribution < -0.4 is 9.47 Å². The second-order valence-electron chi connectivity index (χ2n) is 8.38. The third-order valence-electron chi connectivity index (χ3n) is 6.09. The highest BCUT2D eigenvalue weighted by Gasteiger charge is 2.40. The average Bonchev–Trinajstić information content (AvgIpc) is 3.21. The Hall–Kier alpha value is -1.78. The number of benzene rings is 1. The van der Waals surface area contributed by atoms with Crippen molar-refractivity contribution in [2.24, 2.45) is 5.92 Å². The van der Waals surface area contributed by atoms with Crippen molar-refractivity contribution >= 4 is 5.97 Å². The minimum atomic E-state index is -1.11. The molecule has 2 saturated carbocycles. The van der Waals surface area contributed by atoms with Gasteiger partial charge in [-0.2, -0.15) is 4.39 Å². The number of ether oxygens (including phenoxy) is 2. The van der Waals surface area contributed by atoms with Crippen molar-refractivity contribution in [3.63, 3.8) is 0 Å². The summed E-state index contributed by atoms with van der Waals surface area (Å²) < 4.78 is 27.3. The third-order valence-corrected chi connectivity index (χ3v) is 6.09. The van der Waals surface area contributed by atoms with Crippen LogP contribution in [0.4, 0.5) is 4.39 Å². The molecule has 0 spiro atoms. The Labute approximate surface area is 154 Å². The highest BCUT2D eigenvalue weighted by Crippen LogP contribution is 2.43. The SMILES string of the molecule is CC(C)C1(Oc2cc(C(=O)O)cc(OC3(C)CCCC3)c2F)CCCC1. The van der Waals surface area contributed by atoms with Crippen LogP contribution in [0.5, 0.6) is 11.5 Å². The first-order valence-electron chi connectivity index (χ1n) is 9.70. The number of carboxylic acid groups (broad SMARTS) is 1. The number of carboxylic acids is 1. The van der Waals surface area contributed by atoms with Crippen molar-refractivity contribution < 1.29 is 23.8 Å². The van der Waals surface area contributed by atoms with Crippen LogP contribution >= 0.6 is 0 Å². The maximum Gasteiger partial charge on any atom is 0.335 e. The van der Waals surface area contributed by atoms with Gasteiger partial charge in [0.2, 0.25) is 5.82 Å². The quantitative estimate of drug-likeness (QED) is 0.715. The fourth-order valence-corrected chi connectivity index (χ4v) is 4.32. The van der Waals surface area contributed by atoms with Gasteiger partial charge in [-0.05, 0) is 76.3 Å². The van der Waals surface area contributed by atoms with Gasteiger partial charge in [-0.1, -0.05) is 13.8 Å². The van der Waals surface area contributed by atoms with Crippen molar-refractivity contribution in [2.45, 2.75) is 83.3 Å². The standard InChI is InChI=1S/C21H29FO4/c1-14(2)21(10-6-7-11-21)26-17-13-15(19(23)24)12-16(18(17)22)25-20(3)8-4-5-9-20/h12-14H,4-11H2,1-3H3,(H,23,24). The zero-order valence-electron chi connectivity index (χ0n) is 15.9. The number of carbonyl (C=O) groups is 1. The molecule has 0 aliphatic heterocycles. The number of aromatic carboxylic acids is 1. The molecule has 0 saturated heterocycles. The van der Waals surface area contributed by atoms with Crippen LogP contribution in [0.2, 0.25) is 0 Å². The smallest absolute Gasteiger partial charge is 0.335 e. The van der Waals surface area contributed by atoms with E-state index in [0.717, 1.165) is 51.4 Å². The first-order chi connectivity index (χ1) is 12.2. The molecule has 0 unspecified atom stereocenters. The highest BCUT2D eigenvalue weighted by atomic mass is 19.1. The third kappa shape index (κ3) is 3.67. The second kappa shape index (κ2) is 7.09. The largest absolute Gasteiger partial charge is 0.484 e. The van der Waals surface area contributed by atoms with E-state index in [0.29, 0.717) is 0 Å². The van der Waals surface area contributed by atoms with Crippen LogP contribution in [0.1, 0.15) is 82.5 Å². The van der Waals surface area contributed by atoms with Crippen molar-refractivity contribution in [3.8, 4) is 11.5 Å². The van der Waals surface area contributed by atoms with Gasteiger partial charge in [0, 0.05) is 0 Å². The van der Waals surface area contributed by atoms with Gasteiger partial charge in [-0.15, -0.1) is 0 Å². The zero-order valence-corrected chi connectivity index (χ0v) is 15.9. The molecule has 0 atom stereocenters. The van der Waals surface area contributed by atoms with Crippen molar-refractivity contribution in [2.75, 3.05) is 0 Å². The van der Waals surface area contributed by atoms with E-state index in [4.69, 9.17) is 9.47 Å². The molecule has 26 heavy (non-hydrogen) atoms. The molecule has 144 valence electrons. The van der Waals surface area contributed by atoms with Crippen LogP contribution in [-0.4, -0.2) is 22.3 Å². The Bertz CT molecular complexity index is 671. The van der Waals surface area contributed by atoms with E-state index < -0.39 is 23.0 Å². The Kier molecular flexibility index (Phi) is 5.18. The molecule has 2 fully saturated rings. The van der Waals surface area contributed by atoms with E-state index in [2.05, 4.69) is 13.8 Å². The molecule has 2 aliphatic rings. The van der Waals surface area contributed by atoms with E-state index in [1.807, 2.05) is 6.92 Å². The molecule has 0 amide bonds. The van der Waals surface area contributed by atoms with Gasteiger partial charge in [-0.25, -0.2) is 4.79 Å². The van der Waals surface area contributed by atoms with Crippen LogP contribution in [0.25, 0.3) is 0 Å². The Balaban J connectivity index is 1.97. The summed E-state index contributed by atoms with van der Waals surface area (Å²) >= 11 is 0. The van der Waals surface area contributed by atoms with E-state index in [1.54, 1.807) is 0 Å². The zero-order chi connectivity index (χ0) is 18.9. The molecule has 1 aromatic carbocycles. The Morgan fingerprint density at radius 3 is 2.04 bits per heavy atom. The second-order valence-corrected chi connectivity index (χ2v) is 8.38. The monoisotopic (exact) mass is 364 g/mol. The van der Waals surface area contributed by atoms with Gasteiger partial charge in [-0.3, -0.25) is 0 Å². The molecular weight excluding hydrogens is 335 g/mol. The number of hydrogen-bond donors (Lipinski definition) is 1. The summed E-state index contributed by atoms with van der Waals surface area (Å²) in [6, 6.07) is 2.58. The summed E-state index contributed by atoms with van der Waals surface area (Å²) in [5, 5.41) is 9.45. The van der Waals surface area contributed by atoms with Crippen molar-refractivity contribution in [1.82, 2.24) is 0 Å². The normalized spacial score (nSPS) is 21.1. The van der Waals surface area contributed by atoms with Crippen LogP contribution in [0.3, 0.4) is 0 Å². The van der Waals surface area contributed by atoms with Gasteiger partial charge >= 0.3 is 5.97 Å². The first kappa shape index (κ1) is 19.0. The summed E-state index contributed by atoms with van der Waals surface area (Å²) in [5.41, 5.74) is -0.889. The average molecular weight is 364 g/mol. The summed E-state index contributed by atoms with van der Waals surface area (Å²) in [6.45, 7) is 6.10. The van der Waals surface area contributed by atoms with Crippen molar-refractivity contribution in [1.29, 1.82) is 0 Å². The molecule has 5 heteroatoms. The lowest BCUT2D eigenvalue weighted by molar-refractivity contribution is 0.0230. The van der Waals surface area contributed by atoms with Gasteiger partial charge in [0.15, 0.2) is 11.5 Å². The van der Waals surface area contributed by atoms with E-state index in [9.17, 15) is 9.90 Å². The lowest BCUT2D eigenvalue weighted by Gasteiger charge is -2.35. The van der Waals surface area contributed by atoms with Gasteiger partial charge in [0.1, 0.15) is 11.2 Å². The molecule has 2 aliphatic carbocycles. The first-order valence-corrected chi connectivity index (χ1v) is 9.70. The molecule has 0 heterocycles. The molecule has 0 aromatic heterocycles. The molecule has 0 radical (unpaired) electrons. The molecule has 0 bridgehead atoms. The molecule has 4 nitrogen and oxygen atoms in total. The Morgan fingerprint density at radius 2 is 1.54 bits per heavy atom. The number of halogens is 1. The molecule has 1 aromatic rings. The predicted molar refractivity (Wildman–Crippen MR) is 97.5 cm³/mol. The fourth-order valence-electron chi connectivity index (χ4n) is 4.32. The number of rotatable bonds is 6. The summed E-state index contributed by atoms with van der Waals surface area (Å²) in [4.78, 5) is 11.6. The predicted octanol–water partition coefficient (Wildman–Crippen LogP) is 5.58.